The van der Waals surface area contributed by atoms with Crippen LogP contribution in [0.3, 0.4) is 0 Å². The minimum Gasteiger partial charge on any atom is -0.862 e. The Bertz CT molecular complexity index is 348. The molecule has 0 fully saturated rings. The summed E-state index contributed by atoms with van der Waals surface area (Å²) in [6, 6.07) is -0.724. The quantitative estimate of drug-likeness (QED) is 0.188. The Morgan fingerprint density at radius 3 is 2.55 bits per heavy atom. The van der Waals surface area contributed by atoms with Crippen molar-refractivity contribution in [2.24, 2.45) is 4.99 Å². The second-order valence-electron chi connectivity index (χ2n) is 4.90. The van der Waals surface area contributed by atoms with E-state index < -0.39 is 12.0 Å². The number of allylic oxidation sites excluding steroid dienone is 2. The summed E-state index contributed by atoms with van der Waals surface area (Å²) >= 11 is 0. The molecule has 0 aromatic heterocycles. The number of aliphatic hydroxyl groups excluding tert-OH is 1. The number of nitrogens with zero attached hydrogens (tertiary/aromatic N) is 2. The van der Waals surface area contributed by atoms with Crippen LogP contribution < -0.4 is 24.0 Å². The zero-order chi connectivity index (χ0) is 16.1. The maximum Gasteiger partial charge on any atom is 1.00 e. The number of aliphatic imine (C=N–C) groups is 1. The van der Waals surface area contributed by atoms with Crippen LogP contribution in [-0.2, 0) is 4.79 Å². The molecule has 2 N–H and O–H groups in total. The second-order valence-corrected chi connectivity index (χ2v) is 4.90. The van der Waals surface area contributed by atoms with Gasteiger partial charge >= 0.3 is 24.8 Å². The van der Waals surface area contributed by atoms with Gasteiger partial charge in [0.15, 0.2) is 0 Å². The molecule has 22 heavy (non-hydrogen) atoms. The predicted octanol–water partition coefficient (Wildman–Crippen LogP) is -2.00. The third kappa shape index (κ3) is 11.8. The minimum absolute atomic E-state index is 0. The molecule has 0 saturated carbocycles. The van der Waals surface area contributed by atoms with Gasteiger partial charge < -0.3 is 15.3 Å². The molecule has 0 aliphatic rings. The summed E-state index contributed by atoms with van der Waals surface area (Å²) in [5.74, 6) is -1.18. The Kier molecular flexibility index (Phi) is 16.1. The first kappa shape index (κ1) is 23.5. The maximum atomic E-state index is 11.6. The summed E-state index contributed by atoms with van der Waals surface area (Å²) in [6.07, 6.45) is 7.58. The number of hydrogen-bond acceptors (Lipinski definition) is 5. The number of unbranched alkanes of at least 4 members (excludes halogenated alkanes) is 1. The molecule has 0 aliphatic carbocycles. The predicted molar refractivity (Wildman–Crippen MR) is 81.1 cm³/mol. The third-order valence-corrected chi connectivity index (χ3v) is 3.08. The Morgan fingerprint density at radius 2 is 2.00 bits per heavy atom. The fraction of sp³-hybridized carbons (Fsp3) is 0.733. The van der Waals surface area contributed by atoms with Crippen LogP contribution in [0.2, 0.25) is 0 Å². The van der Waals surface area contributed by atoms with Crippen molar-refractivity contribution >= 4 is 11.9 Å². The molecule has 0 bridgehead atoms. The largest absolute Gasteiger partial charge is 1.00 e. The molecular weight excluding hydrogens is 279 g/mol. The third-order valence-electron chi connectivity index (χ3n) is 3.08. The van der Waals surface area contributed by atoms with Crippen LogP contribution in [0.1, 0.15) is 46.0 Å². The topological polar surface area (TPSA) is 96.2 Å². The van der Waals surface area contributed by atoms with Crippen molar-refractivity contribution in [2.75, 3.05) is 19.8 Å². The van der Waals surface area contributed by atoms with Gasteiger partial charge in [0.05, 0.1) is 6.67 Å². The Morgan fingerprint density at radius 1 is 1.36 bits per heavy atom. The van der Waals surface area contributed by atoms with E-state index in [2.05, 4.69) is 11.9 Å². The fourth-order valence-electron chi connectivity index (χ4n) is 1.67. The molecule has 0 aliphatic heterocycles. The van der Waals surface area contributed by atoms with Gasteiger partial charge in [-0.05, 0) is 38.5 Å². The van der Waals surface area contributed by atoms with Crippen LogP contribution in [0, 0.1) is 0 Å². The molecule has 0 heterocycles. The number of carbonyl (C=O) groups is 1. The molecule has 6 nitrogen and oxygen atoms in total. The molecule has 0 aromatic carbocycles. The summed E-state index contributed by atoms with van der Waals surface area (Å²) in [7, 11) is 0. The Hall–Kier alpha value is -0.803. The van der Waals surface area contributed by atoms with E-state index in [1.165, 1.54) is 0 Å². The summed E-state index contributed by atoms with van der Waals surface area (Å²) in [4.78, 5) is 16.5. The first-order valence-corrected chi connectivity index (χ1v) is 7.46. The summed E-state index contributed by atoms with van der Waals surface area (Å²) in [5, 5.41) is 29.4. The number of carboxylic acids is 1. The summed E-state index contributed by atoms with van der Waals surface area (Å²) < 4.78 is 0. The van der Waals surface area contributed by atoms with Gasteiger partial charge in [-0.3, -0.25) is 14.7 Å². The molecule has 0 saturated heterocycles. The van der Waals surface area contributed by atoms with Crippen molar-refractivity contribution < 1.29 is 39.0 Å². The van der Waals surface area contributed by atoms with E-state index in [4.69, 9.17) is 10.2 Å². The molecule has 0 spiro atoms. The summed E-state index contributed by atoms with van der Waals surface area (Å²) in [6.45, 7) is 4.09. The molecule has 0 radical (unpaired) electrons. The standard InChI is InChI=1S/C15H28N2O4.Li/c1-3-4-5-6-7-9-14(19)16-12-17(10-8-11-18)13(2)15(20)21;/h5-6,13,18H,3-4,7-12H2,1-2H3,(H,16,19)(H,20,21);/q;+1/p-1/b6-5+;. The molecule has 0 aromatic rings. The van der Waals surface area contributed by atoms with Crippen molar-refractivity contribution in [3.05, 3.63) is 12.2 Å². The van der Waals surface area contributed by atoms with Crippen LogP contribution in [0.25, 0.3) is 0 Å². The zero-order valence-electron chi connectivity index (χ0n) is 14.0. The van der Waals surface area contributed by atoms with Gasteiger partial charge in [0.2, 0.25) is 0 Å². The summed E-state index contributed by atoms with van der Waals surface area (Å²) in [5.41, 5.74) is 0. The van der Waals surface area contributed by atoms with Crippen molar-refractivity contribution in [3.8, 4) is 0 Å². The minimum atomic E-state index is -0.960. The molecule has 122 valence electrons. The van der Waals surface area contributed by atoms with Gasteiger partial charge in [-0.1, -0.05) is 25.5 Å². The molecule has 0 rings (SSSR count). The molecule has 7 heteroatoms. The first-order chi connectivity index (χ1) is 10.0. The average molecular weight is 306 g/mol. The monoisotopic (exact) mass is 306 g/mol. The maximum absolute atomic E-state index is 11.6. The van der Waals surface area contributed by atoms with E-state index >= 15 is 0 Å². The molecule has 1 atom stereocenters. The van der Waals surface area contributed by atoms with Gasteiger partial charge in [-0.15, -0.1) is 0 Å². The van der Waals surface area contributed by atoms with Crippen LogP contribution in [-0.4, -0.2) is 52.8 Å². The number of hydrogen-bond donors (Lipinski definition) is 2. The number of aliphatic hydroxyl groups is 1. The SMILES string of the molecule is CCC/C=C/CCC([O-])=NCN(CCCO)C(C)C(=O)O.[Li+]. The second kappa shape index (κ2) is 15.1. The number of rotatable bonds is 12. The van der Waals surface area contributed by atoms with E-state index in [-0.39, 0.29) is 38.0 Å². The smallest absolute Gasteiger partial charge is 0.862 e. The average Bonchev–Trinajstić information content (AvgIpc) is 2.46. The van der Waals surface area contributed by atoms with E-state index in [0.29, 0.717) is 25.8 Å². The van der Waals surface area contributed by atoms with Gasteiger partial charge in [0.1, 0.15) is 6.04 Å². The van der Waals surface area contributed by atoms with E-state index in [1.807, 2.05) is 12.2 Å². The van der Waals surface area contributed by atoms with Crippen LogP contribution in [0.5, 0.6) is 0 Å². The van der Waals surface area contributed by atoms with Crippen LogP contribution in [0.15, 0.2) is 17.1 Å². The van der Waals surface area contributed by atoms with E-state index in [1.54, 1.807) is 11.8 Å². The number of aliphatic carboxylic acids is 1. The van der Waals surface area contributed by atoms with Crippen LogP contribution >= 0.6 is 0 Å². The van der Waals surface area contributed by atoms with Crippen molar-refractivity contribution in [1.29, 1.82) is 0 Å². The Balaban J connectivity index is 0. The molecular formula is C15H27LiN2O4. The van der Waals surface area contributed by atoms with Gasteiger partial charge in [-0.25, -0.2) is 0 Å². The number of carboxylic acid groups (broad SMARTS) is 1. The first-order valence-electron chi connectivity index (χ1n) is 7.46. The van der Waals surface area contributed by atoms with E-state index in [9.17, 15) is 9.90 Å². The van der Waals surface area contributed by atoms with Crippen molar-refractivity contribution in [1.82, 2.24) is 4.90 Å². The Labute approximate surface area is 145 Å². The molecule has 0 amide bonds. The van der Waals surface area contributed by atoms with E-state index in [0.717, 1.165) is 12.8 Å². The van der Waals surface area contributed by atoms with Crippen LogP contribution in [0.4, 0.5) is 0 Å². The normalized spacial score (nSPS) is 13.4. The van der Waals surface area contributed by atoms with Crippen molar-refractivity contribution in [2.45, 2.75) is 52.0 Å². The van der Waals surface area contributed by atoms with Gasteiger partial charge in [0, 0.05) is 13.2 Å². The van der Waals surface area contributed by atoms with Crippen molar-refractivity contribution in [3.63, 3.8) is 0 Å². The fourth-order valence-corrected chi connectivity index (χ4v) is 1.67. The molecule has 1 unspecified atom stereocenters. The van der Waals surface area contributed by atoms with Gasteiger partial charge in [0.25, 0.3) is 0 Å². The van der Waals surface area contributed by atoms with Gasteiger partial charge in [-0.2, -0.15) is 0 Å². The zero-order valence-corrected chi connectivity index (χ0v) is 14.0.